The molecule has 2 aromatic rings. The summed E-state index contributed by atoms with van der Waals surface area (Å²) in [7, 11) is 0. The van der Waals surface area contributed by atoms with E-state index < -0.39 is 0 Å². The maximum absolute atomic E-state index is 3.61. The predicted molar refractivity (Wildman–Crippen MR) is 82.1 cm³/mol. The summed E-state index contributed by atoms with van der Waals surface area (Å²) in [6, 6.07) is 9.35. The molecule has 1 heterocycles. The van der Waals surface area contributed by atoms with Gasteiger partial charge >= 0.3 is 0 Å². The second-order valence-corrected chi connectivity index (χ2v) is 6.86. The molecule has 0 atom stereocenters. The number of hydrogen-bond donors (Lipinski definition) is 1. The molecule has 0 unspecified atom stereocenters. The lowest BCUT2D eigenvalue weighted by atomic mass is 10.0. The van der Waals surface area contributed by atoms with Crippen molar-refractivity contribution >= 4 is 27.3 Å². The fourth-order valence-electron chi connectivity index (χ4n) is 2.21. The quantitative estimate of drug-likeness (QED) is 0.857. The average Bonchev–Trinajstić information content (AvgIpc) is 3.10. The average molecular weight is 322 g/mol. The lowest BCUT2D eigenvalue weighted by Gasteiger charge is -2.07. The highest BCUT2D eigenvalue weighted by Crippen LogP contribution is 2.34. The molecule has 0 bridgehead atoms. The van der Waals surface area contributed by atoms with Gasteiger partial charge in [-0.25, -0.2) is 0 Å². The third kappa shape index (κ3) is 2.68. The number of nitrogens with one attached hydrogen (secondary N) is 1. The second kappa shape index (κ2) is 5.16. The van der Waals surface area contributed by atoms with Gasteiger partial charge in [-0.3, -0.25) is 0 Å². The maximum atomic E-state index is 3.61. The Hall–Kier alpha value is -0.640. The lowest BCUT2D eigenvalue weighted by molar-refractivity contribution is 0.690. The number of thiophene rings is 1. The Labute approximate surface area is 120 Å². The summed E-state index contributed by atoms with van der Waals surface area (Å²) < 4.78 is 1.15. The Morgan fingerprint density at radius 2 is 2.22 bits per heavy atom. The summed E-state index contributed by atoms with van der Waals surface area (Å²) in [6.45, 7) is 3.21. The minimum atomic E-state index is 0.764. The van der Waals surface area contributed by atoms with Crippen molar-refractivity contribution < 1.29 is 0 Å². The van der Waals surface area contributed by atoms with Crippen LogP contribution in [0.5, 0.6) is 0 Å². The summed E-state index contributed by atoms with van der Waals surface area (Å²) in [5, 5.41) is 5.90. The predicted octanol–water partition coefficient (Wildman–Crippen LogP) is 4.74. The van der Waals surface area contributed by atoms with Crippen molar-refractivity contribution in [2.24, 2.45) is 0 Å². The van der Waals surface area contributed by atoms with Gasteiger partial charge in [-0.1, -0.05) is 28.1 Å². The topological polar surface area (TPSA) is 12.0 Å². The first-order valence-electron chi connectivity index (χ1n) is 6.30. The molecule has 3 heteroatoms. The van der Waals surface area contributed by atoms with Gasteiger partial charge in [-0.2, -0.15) is 0 Å². The second-order valence-electron chi connectivity index (χ2n) is 4.86. The van der Waals surface area contributed by atoms with Crippen molar-refractivity contribution in [2.75, 3.05) is 0 Å². The van der Waals surface area contributed by atoms with Gasteiger partial charge in [0.15, 0.2) is 0 Å². The summed E-state index contributed by atoms with van der Waals surface area (Å²) in [5.41, 5.74) is 4.16. The van der Waals surface area contributed by atoms with E-state index in [4.69, 9.17) is 0 Å². The van der Waals surface area contributed by atoms with E-state index in [0.29, 0.717) is 0 Å². The van der Waals surface area contributed by atoms with E-state index in [1.54, 1.807) is 0 Å². The van der Waals surface area contributed by atoms with E-state index >= 15 is 0 Å². The summed E-state index contributed by atoms with van der Waals surface area (Å²) >= 11 is 5.41. The van der Waals surface area contributed by atoms with Gasteiger partial charge in [0.2, 0.25) is 0 Å². The Bertz CT molecular complexity index is 557. The van der Waals surface area contributed by atoms with Crippen LogP contribution in [-0.4, -0.2) is 6.04 Å². The van der Waals surface area contributed by atoms with Gasteiger partial charge in [0.05, 0.1) is 0 Å². The van der Waals surface area contributed by atoms with E-state index in [2.05, 4.69) is 57.8 Å². The first kappa shape index (κ1) is 12.4. The van der Waals surface area contributed by atoms with Crippen molar-refractivity contribution in [1.29, 1.82) is 0 Å². The van der Waals surface area contributed by atoms with Gasteiger partial charge in [-0.15, -0.1) is 11.3 Å². The number of halogens is 1. The molecule has 1 aliphatic rings. The van der Waals surface area contributed by atoms with Gasteiger partial charge < -0.3 is 5.32 Å². The first-order chi connectivity index (χ1) is 8.74. The molecule has 0 radical (unpaired) electrons. The van der Waals surface area contributed by atoms with Crippen LogP contribution in [0.4, 0.5) is 0 Å². The molecular weight excluding hydrogens is 306 g/mol. The molecule has 18 heavy (non-hydrogen) atoms. The van der Waals surface area contributed by atoms with Crippen LogP contribution in [0.1, 0.15) is 23.3 Å². The van der Waals surface area contributed by atoms with Crippen molar-refractivity contribution in [2.45, 2.75) is 32.4 Å². The van der Waals surface area contributed by atoms with Gasteiger partial charge in [-0.05, 0) is 54.0 Å². The fourth-order valence-corrected chi connectivity index (χ4v) is 3.49. The Balaban J connectivity index is 1.91. The van der Waals surface area contributed by atoms with E-state index in [1.807, 2.05) is 11.3 Å². The third-order valence-corrected chi connectivity index (χ3v) is 4.78. The van der Waals surface area contributed by atoms with Crippen LogP contribution >= 0.6 is 27.3 Å². The molecule has 0 spiro atoms. The van der Waals surface area contributed by atoms with Gasteiger partial charge in [0, 0.05) is 21.9 Å². The monoisotopic (exact) mass is 321 g/mol. The Morgan fingerprint density at radius 3 is 2.94 bits per heavy atom. The zero-order valence-electron chi connectivity index (χ0n) is 10.4. The SMILES string of the molecule is Cc1scc(CNC2CC2)c1-c1cccc(Br)c1. The molecule has 1 aromatic carbocycles. The highest BCUT2D eigenvalue weighted by molar-refractivity contribution is 9.10. The molecule has 0 aliphatic heterocycles. The van der Waals surface area contributed by atoms with Crippen molar-refractivity contribution in [3.63, 3.8) is 0 Å². The van der Waals surface area contributed by atoms with Crippen LogP contribution in [0.15, 0.2) is 34.1 Å². The molecule has 1 N–H and O–H groups in total. The normalized spacial score (nSPS) is 15.0. The number of benzene rings is 1. The highest BCUT2D eigenvalue weighted by atomic mass is 79.9. The van der Waals surface area contributed by atoms with Crippen LogP contribution in [0.3, 0.4) is 0 Å². The van der Waals surface area contributed by atoms with Crippen LogP contribution in [0.2, 0.25) is 0 Å². The van der Waals surface area contributed by atoms with Gasteiger partial charge in [0.1, 0.15) is 0 Å². The molecule has 1 aromatic heterocycles. The Morgan fingerprint density at radius 1 is 1.39 bits per heavy atom. The van der Waals surface area contributed by atoms with E-state index in [-0.39, 0.29) is 0 Å². The van der Waals surface area contributed by atoms with Gasteiger partial charge in [0.25, 0.3) is 0 Å². The van der Waals surface area contributed by atoms with Crippen molar-refractivity contribution in [3.8, 4) is 11.1 Å². The standard InChI is InChI=1S/C15H16BrNS/c1-10-15(11-3-2-4-13(16)7-11)12(9-18-10)8-17-14-5-6-14/h2-4,7,9,14,17H,5-6,8H2,1H3. The Kier molecular flexibility index (Phi) is 3.55. The molecule has 0 amide bonds. The molecule has 1 aliphatic carbocycles. The van der Waals surface area contributed by atoms with E-state index in [1.165, 1.54) is 34.4 Å². The lowest BCUT2D eigenvalue weighted by Crippen LogP contribution is -2.15. The molecule has 94 valence electrons. The van der Waals surface area contributed by atoms with E-state index in [0.717, 1.165) is 17.1 Å². The zero-order valence-corrected chi connectivity index (χ0v) is 12.8. The maximum Gasteiger partial charge on any atom is 0.0222 e. The highest BCUT2D eigenvalue weighted by Gasteiger charge is 2.21. The van der Waals surface area contributed by atoms with Crippen molar-refractivity contribution in [1.82, 2.24) is 5.32 Å². The zero-order chi connectivity index (χ0) is 12.5. The summed E-state index contributed by atoms with van der Waals surface area (Å²) in [4.78, 5) is 1.40. The minimum Gasteiger partial charge on any atom is -0.310 e. The smallest absolute Gasteiger partial charge is 0.0222 e. The minimum absolute atomic E-state index is 0.764. The molecular formula is C15H16BrNS. The summed E-state index contributed by atoms with van der Waals surface area (Å²) in [5.74, 6) is 0. The van der Waals surface area contributed by atoms with Crippen molar-refractivity contribution in [3.05, 3.63) is 44.6 Å². The fraction of sp³-hybridized carbons (Fsp3) is 0.333. The number of rotatable bonds is 4. The van der Waals surface area contributed by atoms with Crippen LogP contribution in [-0.2, 0) is 6.54 Å². The molecule has 0 saturated heterocycles. The van der Waals surface area contributed by atoms with Crippen LogP contribution in [0.25, 0.3) is 11.1 Å². The third-order valence-electron chi connectivity index (χ3n) is 3.32. The largest absolute Gasteiger partial charge is 0.310 e. The summed E-state index contributed by atoms with van der Waals surface area (Å²) in [6.07, 6.45) is 2.69. The molecule has 1 saturated carbocycles. The first-order valence-corrected chi connectivity index (χ1v) is 7.97. The van der Waals surface area contributed by atoms with E-state index in [9.17, 15) is 0 Å². The number of hydrogen-bond acceptors (Lipinski definition) is 2. The molecule has 1 nitrogen and oxygen atoms in total. The van der Waals surface area contributed by atoms with Crippen LogP contribution in [0, 0.1) is 6.92 Å². The molecule has 3 rings (SSSR count). The number of aryl methyl sites for hydroxylation is 1. The van der Waals surface area contributed by atoms with Crippen LogP contribution < -0.4 is 5.32 Å². The molecule has 1 fully saturated rings.